The highest BCUT2D eigenvalue weighted by molar-refractivity contribution is 5.42. The molecular weight excluding hydrogens is 250 g/mol. The Bertz CT molecular complexity index is 457. The lowest BCUT2D eigenvalue weighted by atomic mass is 9.95. The van der Waals surface area contributed by atoms with Crippen LogP contribution < -0.4 is 4.90 Å². The van der Waals surface area contributed by atoms with Crippen molar-refractivity contribution in [2.75, 3.05) is 44.8 Å². The van der Waals surface area contributed by atoms with E-state index in [0.717, 1.165) is 32.1 Å². The lowest BCUT2D eigenvalue weighted by molar-refractivity contribution is 0.122. The predicted octanol–water partition coefficient (Wildman–Crippen LogP) is 2.38. The molecule has 0 aromatic carbocycles. The predicted molar refractivity (Wildman–Crippen MR) is 81.2 cm³/mol. The maximum atomic E-state index is 5.41. The minimum Gasteiger partial charge on any atom is -0.378 e. The molecule has 0 radical (unpaired) electrons. The van der Waals surface area contributed by atoms with Gasteiger partial charge in [0.15, 0.2) is 0 Å². The van der Waals surface area contributed by atoms with Gasteiger partial charge in [0.25, 0.3) is 0 Å². The Balaban J connectivity index is 1.79. The van der Waals surface area contributed by atoms with Gasteiger partial charge in [-0.05, 0) is 45.0 Å². The van der Waals surface area contributed by atoms with Crippen LogP contribution in [0.2, 0.25) is 0 Å². The number of hydrogen-bond donors (Lipinski definition) is 0. The highest BCUT2D eigenvalue weighted by Crippen LogP contribution is 2.31. The van der Waals surface area contributed by atoms with Gasteiger partial charge in [-0.3, -0.25) is 4.90 Å². The Morgan fingerprint density at radius 3 is 2.65 bits per heavy atom. The Labute approximate surface area is 121 Å². The van der Waals surface area contributed by atoms with Crippen LogP contribution in [0.25, 0.3) is 0 Å². The molecule has 4 heteroatoms. The van der Waals surface area contributed by atoms with E-state index in [0.29, 0.717) is 6.04 Å². The van der Waals surface area contributed by atoms with E-state index in [1.165, 1.54) is 37.1 Å². The molecule has 3 heterocycles. The maximum absolute atomic E-state index is 5.41. The Kier molecular flexibility index (Phi) is 4.22. The fourth-order valence-electron chi connectivity index (χ4n) is 3.35. The van der Waals surface area contributed by atoms with Crippen LogP contribution in [0.3, 0.4) is 0 Å². The van der Waals surface area contributed by atoms with Crippen LogP contribution in [0.5, 0.6) is 0 Å². The smallest absolute Gasteiger partial charge is 0.128 e. The lowest BCUT2D eigenvalue weighted by Gasteiger charge is -2.34. The third-order valence-electron chi connectivity index (χ3n) is 4.58. The highest BCUT2D eigenvalue weighted by atomic mass is 16.5. The molecule has 0 amide bonds. The molecule has 0 saturated carbocycles. The Morgan fingerprint density at radius 1 is 1.15 bits per heavy atom. The highest BCUT2D eigenvalue weighted by Gasteiger charge is 2.23. The second-order valence-corrected chi connectivity index (χ2v) is 5.94. The summed E-state index contributed by atoms with van der Waals surface area (Å²) >= 11 is 0. The quantitative estimate of drug-likeness (QED) is 0.828. The summed E-state index contributed by atoms with van der Waals surface area (Å²) in [5.74, 6) is 1.10. The third kappa shape index (κ3) is 2.81. The zero-order valence-corrected chi connectivity index (χ0v) is 12.6. The van der Waals surface area contributed by atoms with Crippen molar-refractivity contribution < 1.29 is 4.74 Å². The van der Waals surface area contributed by atoms with Crippen LogP contribution >= 0.6 is 0 Å². The summed E-state index contributed by atoms with van der Waals surface area (Å²) in [6.07, 6.45) is 3.92. The van der Waals surface area contributed by atoms with Crippen molar-refractivity contribution in [2.24, 2.45) is 0 Å². The Hall–Kier alpha value is -1.13. The van der Waals surface area contributed by atoms with E-state index < -0.39 is 0 Å². The SMILES string of the molecule is Cc1nc(N2CCOCC2)ccc1[C@@H]1CCCCN1C. The van der Waals surface area contributed by atoms with Gasteiger partial charge in [0, 0.05) is 24.8 Å². The lowest BCUT2D eigenvalue weighted by Crippen LogP contribution is -2.37. The molecule has 2 aliphatic heterocycles. The number of nitrogens with zero attached hydrogens (tertiary/aromatic N) is 3. The van der Waals surface area contributed by atoms with E-state index in [2.05, 4.69) is 35.9 Å². The fourth-order valence-corrected chi connectivity index (χ4v) is 3.35. The number of morpholine rings is 1. The van der Waals surface area contributed by atoms with Crippen LogP contribution in [-0.2, 0) is 4.74 Å². The van der Waals surface area contributed by atoms with Gasteiger partial charge in [-0.2, -0.15) is 0 Å². The molecule has 2 saturated heterocycles. The fraction of sp³-hybridized carbons (Fsp3) is 0.688. The molecule has 2 aliphatic rings. The number of anilines is 1. The second-order valence-electron chi connectivity index (χ2n) is 5.94. The summed E-state index contributed by atoms with van der Waals surface area (Å²) in [6, 6.07) is 5.03. The van der Waals surface area contributed by atoms with E-state index in [1.807, 2.05) is 0 Å². The average Bonchev–Trinajstić information content (AvgIpc) is 2.49. The molecule has 20 heavy (non-hydrogen) atoms. The molecule has 1 aromatic rings. The van der Waals surface area contributed by atoms with Gasteiger partial charge in [-0.25, -0.2) is 4.98 Å². The zero-order chi connectivity index (χ0) is 13.9. The molecule has 110 valence electrons. The van der Waals surface area contributed by atoms with E-state index in [1.54, 1.807) is 0 Å². The first-order valence-electron chi connectivity index (χ1n) is 7.76. The van der Waals surface area contributed by atoms with Gasteiger partial charge in [0.2, 0.25) is 0 Å². The van der Waals surface area contributed by atoms with Crippen molar-refractivity contribution in [2.45, 2.75) is 32.2 Å². The van der Waals surface area contributed by atoms with Crippen molar-refractivity contribution in [1.29, 1.82) is 0 Å². The van der Waals surface area contributed by atoms with Gasteiger partial charge < -0.3 is 9.64 Å². The zero-order valence-electron chi connectivity index (χ0n) is 12.6. The molecule has 4 nitrogen and oxygen atoms in total. The van der Waals surface area contributed by atoms with Crippen molar-refractivity contribution in [3.63, 3.8) is 0 Å². The summed E-state index contributed by atoms with van der Waals surface area (Å²) in [6.45, 7) is 6.89. The van der Waals surface area contributed by atoms with Crippen molar-refractivity contribution in [1.82, 2.24) is 9.88 Å². The molecule has 1 aromatic heterocycles. The van der Waals surface area contributed by atoms with Crippen LogP contribution in [0.15, 0.2) is 12.1 Å². The maximum Gasteiger partial charge on any atom is 0.128 e. The summed E-state index contributed by atoms with van der Waals surface area (Å²) in [5.41, 5.74) is 2.59. The van der Waals surface area contributed by atoms with E-state index in [9.17, 15) is 0 Å². The van der Waals surface area contributed by atoms with Crippen LogP contribution in [0.1, 0.15) is 36.6 Å². The molecular formula is C16H25N3O. The number of ether oxygens (including phenoxy) is 1. The molecule has 0 N–H and O–H groups in total. The Morgan fingerprint density at radius 2 is 1.95 bits per heavy atom. The summed E-state index contributed by atoms with van der Waals surface area (Å²) in [5, 5.41) is 0. The number of likely N-dealkylation sites (tertiary alicyclic amines) is 1. The van der Waals surface area contributed by atoms with Crippen molar-refractivity contribution in [3.8, 4) is 0 Å². The first-order chi connectivity index (χ1) is 9.75. The topological polar surface area (TPSA) is 28.6 Å². The molecule has 3 rings (SSSR count). The van der Waals surface area contributed by atoms with Gasteiger partial charge in [-0.1, -0.05) is 12.5 Å². The monoisotopic (exact) mass is 275 g/mol. The van der Waals surface area contributed by atoms with Crippen LogP contribution in [0, 0.1) is 6.92 Å². The van der Waals surface area contributed by atoms with E-state index in [-0.39, 0.29) is 0 Å². The summed E-state index contributed by atoms with van der Waals surface area (Å²) < 4.78 is 5.41. The van der Waals surface area contributed by atoms with Crippen molar-refractivity contribution >= 4 is 5.82 Å². The molecule has 0 aliphatic carbocycles. The largest absolute Gasteiger partial charge is 0.378 e. The second kappa shape index (κ2) is 6.10. The first kappa shape index (κ1) is 13.8. The minimum atomic E-state index is 0.551. The van der Waals surface area contributed by atoms with E-state index in [4.69, 9.17) is 9.72 Å². The number of aryl methyl sites for hydroxylation is 1. The number of rotatable bonds is 2. The number of hydrogen-bond acceptors (Lipinski definition) is 4. The van der Waals surface area contributed by atoms with Gasteiger partial charge in [0.05, 0.1) is 13.2 Å². The molecule has 0 spiro atoms. The normalized spacial score (nSPS) is 24.9. The number of piperidine rings is 1. The van der Waals surface area contributed by atoms with Crippen LogP contribution in [-0.4, -0.2) is 49.8 Å². The molecule has 0 unspecified atom stereocenters. The van der Waals surface area contributed by atoms with Gasteiger partial charge in [0.1, 0.15) is 5.82 Å². The molecule has 1 atom stereocenters. The van der Waals surface area contributed by atoms with Crippen LogP contribution in [0.4, 0.5) is 5.82 Å². The van der Waals surface area contributed by atoms with Gasteiger partial charge in [-0.15, -0.1) is 0 Å². The molecule has 2 fully saturated rings. The average molecular weight is 275 g/mol. The third-order valence-corrected chi connectivity index (χ3v) is 4.58. The van der Waals surface area contributed by atoms with Gasteiger partial charge >= 0.3 is 0 Å². The molecule has 0 bridgehead atoms. The minimum absolute atomic E-state index is 0.551. The standard InChI is InChI=1S/C16H25N3O/c1-13-14(15-5-3-4-8-18(15)2)6-7-16(17-13)19-9-11-20-12-10-19/h6-7,15H,3-5,8-12H2,1-2H3/t15-/m0/s1. The van der Waals surface area contributed by atoms with Crippen molar-refractivity contribution in [3.05, 3.63) is 23.4 Å². The number of pyridine rings is 1. The summed E-state index contributed by atoms with van der Waals surface area (Å²) in [4.78, 5) is 9.65. The van der Waals surface area contributed by atoms with E-state index >= 15 is 0 Å². The number of aromatic nitrogens is 1. The first-order valence-corrected chi connectivity index (χ1v) is 7.76. The summed E-state index contributed by atoms with van der Waals surface area (Å²) in [7, 11) is 2.24.